The van der Waals surface area contributed by atoms with Crippen LogP contribution in [0, 0.1) is 10.1 Å². The van der Waals surface area contributed by atoms with Crippen LogP contribution < -0.4 is 0 Å². The van der Waals surface area contributed by atoms with Crippen molar-refractivity contribution in [1.29, 1.82) is 0 Å². The van der Waals surface area contributed by atoms with Crippen LogP contribution in [0.3, 0.4) is 0 Å². The van der Waals surface area contributed by atoms with Crippen LogP contribution in [-0.2, 0) is 4.79 Å². The SMILES string of the molecule is CCSc1ccc([N+](=O)[O-])cc1C=NCCCC(=O)O. The van der Waals surface area contributed by atoms with Gasteiger partial charge >= 0.3 is 5.97 Å². The van der Waals surface area contributed by atoms with E-state index in [-0.39, 0.29) is 12.1 Å². The molecule has 0 aliphatic carbocycles. The normalized spacial score (nSPS) is 10.8. The Morgan fingerprint density at radius 1 is 1.55 bits per heavy atom. The van der Waals surface area contributed by atoms with Gasteiger partial charge in [0.1, 0.15) is 0 Å². The van der Waals surface area contributed by atoms with Gasteiger partial charge in [-0.1, -0.05) is 6.92 Å². The Labute approximate surface area is 121 Å². The zero-order valence-corrected chi connectivity index (χ0v) is 11.9. The number of aliphatic imine (C=N–C) groups is 1. The zero-order valence-electron chi connectivity index (χ0n) is 11.1. The second kappa shape index (κ2) is 8.31. The molecule has 0 unspecified atom stereocenters. The van der Waals surface area contributed by atoms with Crippen molar-refractivity contribution in [3.05, 3.63) is 33.9 Å². The van der Waals surface area contributed by atoms with Gasteiger partial charge < -0.3 is 5.11 Å². The highest BCUT2D eigenvalue weighted by molar-refractivity contribution is 7.99. The lowest BCUT2D eigenvalue weighted by Gasteiger charge is -2.03. The van der Waals surface area contributed by atoms with Crippen LogP contribution in [0.4, 0.5) is 5.69 Å². The molecule has 0 aliphatic heterocycles. The molecule has 0 spiro atoms. The number of thioether (sulfide) groups is 1. The quantitative estimate of drug-likeness (QED) is 0.262. The molecule has 0 fully saturated rings. The van der Waals surface area contributed by atoms with Crippen molar-refractivity contribution in [2.75, 3.05) is 12.3 Å². The molecule has 0 aromatic heterocycles. The molecule has 0 bridgehead atoms. The Balaban J connectivity index is 2.78. The van der Waals surface area contributed by atoms with Gasteiger partial charge in [0.15, 0.2) is 0 Å². The van der Waals surface area contributed by atoms with Crippen molar-refractivity contribution >= 4 is 29.6 Å². The first-order valence-electron chi connectivity index (χ1n) is 6.17. The van der Waals surface area contributed by atoms with Crippen molar-refractivity contribution in [3.63, 3.8) is 0 Å². The Morgan fingerprint density at radius 3 is 2.90 bits per heavy atom. The summed E-state index contributed by atoms with van der Waals surface area (Å²) in [6.07, 6.45) is 2.10. The van der Waals surface area contributed by atoms with Gasteiger partial charge in [-0.05, 0) is 18.2 Å². The number of aliphatic carboxylic acids is 1. The molecule has 0 heterocycles. The van der Waals surface area contributed by atoms with E-state index in [1.165, 1.54) is 12.1 Å². The molecule has 0 aliphatic rings. The fourth-order valence-corrected chi connectivity index (χ4v) is 2.28. The Bertz CT molecular complexity index is 517. The van der Waals surface area contributed by atoms with E-state index in [4.69, 9.17) is 5.11 Å². The Kier molecular flexibility index (Phi) is 6.72. The first kappa shape index (κ1) is 16.2. The van der Waals surface area contributed by atoms with Crippen molar-refractivity contribution in [2.24, 2.45) is 4.99 Å². The summed E-state index contributed by atoms with van der Waals surface area (Å²) in [5.74, 6) is 0.00951. The number of carboxylic acids is 1. The third kappa shape index (κ3) is 5.40. The van der Waals surface area contributed by atoms with E-state index in [1.807, 2.05) is 6.92 Å². The summed E-state index contributed by atoms with van der Waals surface area (Å²) in [6, 6.07) is 4.67. The molecule has 0 amide bonds. The van der Waals surface area contributed by atoms with E-state index in [0.717, 1.165) is 10.6 Å². The average molecular weight is 296 g/mol. The van der Waals surface area contributed by atoms with Gasteiger partial charge in [0.2, 0.25) is 0 Å². The number of nitro groups is 1. The number of benzene rings is 1. The second-order valence-corrected chi connectivity index (χ2v) is 5.25. The first-order valence-corrected chi connectivity index (χ1v) is 7.16. The number of hydrogen-bond acceptors (Lipinski definition) is 5. The minimum atomic E-state index is -0.849. The highest BCUT2D eigenvalue weighted by Crippen LogP contribution is 2.25. The minimum Gasteiger partial charge on any atom is -0.481 e. The number of hydrogen-bond donors (Lipinski definition) is 1. The van der Waals surface area contributed by atoms with E-state index in [0.29, 0.717) is 18.5 Å². The standard InChI is InChI=1S/C13H16N2O4S/c1-2-20-12-6-5-11(15(18)19)8-10(12)9-14-7-3-4-13(16)17/h5-6,8-9H,2-4,7H2,1H3,(H,16,17). The maximum absolute atomic E-state index is 10.8. The molecule has 0 radical (unpaired) electrons. The van der Waals surface area contributed by atoms with Gasteiger partial charge in [-0.2, -0.15) is 0 Å². The molecule has 1 aromatic carbocycles. The van der Waals surface area contributed by atoms with Crippen LogP contribution in [0.5, 0.6) is 0 Å². The van der Waals surface area contributed by atoms with E-state index in [9.17, 15) is 14.9 Å². The first-order chi connectivity index (χ1) is 9.54. The smallest absolute Gasteiger partial charge is 0.303 e. The van der Waals surface area contributed by atoms with Gasteiger partial charge in [-0.15, -0.1) is 11.8 Å². The molecule has 0 saturated carbocycles. The highest BCUT2D eigenvalue weighted by atomic mass is 32.2. The second-order valence-electron chi connectivity index (χ2n) is 3.94. The lowest BCUT2D eigenvalue weighted by Crippen LogP contribution is -1.96. The summed E-state index contributed by atoms with van der Waals surface area (Å²) in [6.45, 7) is 2.39. The molecule has 7 heteroatoms. The van der Waals surface area contributed by atoms with E-state index >= 15 is 0 Å². The lowest BCUT2D eigenvalue weighted by molar-refractivity contribution is -0.384. The van der Waals surface area contributed by atoms with E-state index in [2.05, 4.69) is 4.99 Å². The predicted molar refractivity (Wildman–Crippen MR) is 78.8 cm³/mol. The molecule has 0 atom stereocenters. The molecular weight excluding hydrogens is 280 g/mol. The van der Waals surface area contributed by atoms with E-state index in [1.54, 1.807) is 24.0 Å². The van der Waals surface area contributed by atoms with Gasteiger partial charge in [-0.25, -0.2) is 0 Å². The topological polar surface area (TPSA) is 92.8 Å². The largest absolute Gasteiger partial charge is 0.481 e. The number of non-ortho nitro benzene ring substituents is 1. The van der Waals surface area contributed by atoms with Gasteiger partial charge in [0.05, 0.1) is 4.92 Å². The summed E-state index contributed by atoms with van der Waals surface area (Å²) in [7, 11) is 0. The number of rotatable bonds is 8. The Morgan fingerprint density at radius 2 is 2.30 bits per heavy atom. The van der Waals surface area contributed by atoms with Gasteiger partial charge in [-0.3, -0.25) is 19.9 Å². The van der Waals surface area contributed by atoms with Crippen LogP contribution >= 0.6 is 11.8 Å². The summed E-state index contributed by atoms with van der Waals surface area (Å²) >= 11 is 1.58. The summed E-state index contributed by atoms with van der Waals surface area (Å²) in [5, 5.41) is 19.3. The third-order valence-electron chi connectivity index (χ3n) is 2.41. The van der Waals surface area contributed by atoms with Crippen LogP contribution in [0.15, 0.2) is 28.1 Å². The fraction of sp³-hybridized carbons (Fsp3) is 0.385. The van der Waals surface area contributed by atoms with Crippen LogP contribution in [0.1, 0.15) is 25.3 Å². The highest BCUT2D eigenvalue weighted by Gasteiger charge is 2.09. The molecule has 1 N–H and O–H groups in total. The molecule has 0 saturated heterocycles. The number of carboxylic acid groups (broad SMARTS) is 1. The molecule has 1 aromatic rings. The average Bonchev–Trinajstić information content (AvgIpc) is 2.39. The molecule has 108 valence electrons. The summed E-state index contributed by atoms with van der Waals surface area (Å²) in [5.41, 5.74) is 0.721. The van der Waals surface area contributed by atoms with Crippen molar-refractivity contribution in [1.82, 2.24) is 0 Å². The molecule has 6 nitrogen and oxygen atoms in total. The zero-order chi connectivity index (χ0) is 15.0. The van der Waals surface area contributed by atoms with Crippen molar-refractivity contribution < 1.29 is 14.8 Å². The van der Waals surface area contributed by atoms with Crippen LogP contribution in [0.2, 0.25) is 0 Å². The van der Waals surface area contributed by atoms with Crippen molar-refractivity contribution in [2.45, 2.75) is 24.7 Å². The van der Waals surface area contributed by atoms with Gasteiger partial charge in [0, 0.05) is 41.8 Å². The van der Waals surface area contributed by atoms with Crippen molar-refractivity contribution in [3.8, 4) is 0 Å². The fourth-order valence-electron chi connectivity index (χ4n) is 1.52. The number of carbonyl (C=O) groups is 1. The van der Waals surface area contributed by atoms with Crippen LogP contribution in [0.25, 0.3) is 0 Å². The maximum atomic E-state index is 10.8. The minimum absolute atomic E-state index is 0.0254. The van der Waals surface area contributed by atoms with Crippen LogP contribution in [-0.4, -0.2) is 34.5 Å². The number of nitrogens with zero attached hydrogens (tertiary/aromatic N) is 2. The molecule has 1 rings (SSSR count). The molecule has 20 heavy (non-hydrogen) atoms. The monoisotopic (exact) mass is 296 g/mol. The number of nitro benzene ring substituents is 1. The summed E-state index contributed by atoms with van der Waals surface area (Å²) in [4.78, 5) is 25.7. The summed E-state index contributed by atoms with van der Waals surface area (Å²) < 4.78 is 0. The predicted octanol–water partition coefficient (Wildman–Crippen LogP) is 2.99. The van der Waals surface area contributed by atoms with Gasteiger partial charge in [0.25, 0.3) is 5.69 Å². The molecular formula is C13H16N2O4S. The lowest BCUT2D eigenvalue weighted by atomic mass is 10.2. The maximum Gasteiger partial charge on any atom is 0.303 e. The third-order valence-corrected chi connectivity index (χ3v) is 3.38. The Hall–Kier alpha value is -1.89. The van der Waals surface area contributed by atoms with E-state index < -0.39 is 10.9 Å².